The molecule has 5 rings (SSSR count). The van der Waals surface area contributed by atoms with Gasteiger partial charge in [-0.3, -0.25) is 4.98 Å². The fraction of sp³-hybridized carbons (Fsp3) is 0.607. The average molecular weight is 541 g/mol. The van der Waals surface area contributed by atoms with E-state index in [2.05, 4.69) is 27.0 Å². The van der Waals surface area contributed by atoms with Crippen molar-refractivity contribution in [1.29, 1.82) is 5.26 Å². The van der Waals surface area contributed by atoms with Crippen molar-refractivity contribution in [2.45, 2.75) is 69.4 Å². The third kappa shape index (κ3) is 7.13. The summed E-state index contributed by atoms with van der Waals surface area (Å²) in [7, 11) is 0. The summed E-state index contributed by atoms with van der Waals surface area (Å²) in [6.45, 7) is 5.21. The zero-order valence-electron chi connectivity index (χ0n) is 21.9. The Balaban J connectivity index is 1.27. The van der Waals surface area contributed by atoms with Gasteiger partial charge in [0.15, 0.2) is 5.79 Å². The molecule has 0 aromatic carbocycles. The molecule has 38 heavy (non-hydrogen) atoms. The van der Waals surface area contributed by atoms with E-state index in [0.29, 0.717) is 50.0 Å². The number of ether oxygens (including phenoxy) is 3. The van der Waals surface area contributed by atoms with Crippen LogP contribution in [0.5, 0.6) is 0 Å². The van der Waals surface area contributed by atoms with Crippen LogP contribution >= 0.6 is 11.6 Å². The number of anilines is 2. The van der Waals surface area contributed by atoms with E-state index in [9.17, 15) is 5.26 Å². The lowest BCUT2D eigenvalue weighted by Gasteiger charge is -2.33. The Labute approximate surface area is 229 Å². The molecular weight excluding hydrogens is 504 g/mol. The first-order chi connectivity index (χ1) is 18.5. The molecule has 3 fully saturated rings. The summed E-state index contributed by atoms with van der Waals surface area (Å²) >= 11 is 6.48. The summed E-state index contributed by atoms with van der Waals surface area (Å²) in [6, 6.07) is 9.08. The van der Waals surface area contributed by atoms with Crippen molar-refractivity contribution in [3.8, 4) is 17.3 Å². The van der Waals surface area contributed by atoms with Gasteiger partial charge in [0.2, 0.25) is 0 Å². The Morgan fingerprint density at radius 2 is 1.97 bits per heavy atom. The fourth-order valence-electron chi connectivity index (χ4n) is 5.51. The first-order valence-corrected chi connectivity index (χ1v) is 14.0. The van der Waals surface area contributed by atoms with Gasteiger partial charge in [-0.2, -0.15) is 5.26 Å². The molecule has 4 heterocycles. The maximum absolute atomic E-state index is 9.31. The largest absolute Gasteiger partial charge is 0.382 e. The molecule has 3 aliphatic rings. The predicted molar refractivity (Wildman–Crippen MR) is 147 cm³/mol. The number of rotatable bonds is 9. The van der Waals surface area contributed by atoms with Crippen molar-refractivity contribution in [2.24, 2.45) is 5.92 Å². The Morgan fingerprint density at radius 3 is 2.79 bits per heavy atom. The van der Waals surface area contributed by atoms with Crippen molar-refractivity contribution in [3.63, 3.8) is 0 Å². The zero-order chi connectivity index (χ0) is 26.4. The molecule has 2 saturated heterocycles. The summed E-state index contributed by atoms with van der Waals surface area (Å²) in [5.74, 6) is 0.263. The number of nitrogens with zero attached hydrogens (tertiary/aromatic N) is 3. The Hall–Kier alpha value is -2.48. The van der Waals surface area contributed by atoms with Crippen molar-refractivity contribution < 1.29 is 14.2 Å². The van der Waals surface area contributed by atoms with Gasteiger partial charge in [0, 0.05) is 61.5 Å². The van der Waals surface area contributed by atoms with Crippen LogP contribution in [0.3, 0.4) is 0 Å². The highest BCUT2D eigenvalue weighted by atomic mass is 35.5. The average Bonchev–Trinajstić information content (AvgIpc) is 3.38. The summed E-state index contributed by atoms with van der Waals surface area (Å²) in [6.07, 6.45) is 9.28. The zero-order valence-corrected chi connectivity index (χ0v) is 22.7. The van der Waals surface area contributed by atoms with Crippen molar-refractivity contribution in [2.75, 3.05) is 43.5 Å². The third-order valence-electron chi connectivity index (χ3n) is 7.59. The molecule has 0 amide bonds. The van der Waals surface area contributed by atoms with Gasteiger partial charge >= 0.3 is 0 Å². The van der Waals surface area contributed by atoms with Crippen LogP contribution in [0.1, 0.15) is 45.4 Å². The van der Waals surface area contributed by atoms with Crippen LogP contribution in [0.2, 0.25) is 5.02 Å². The number of pyridine rings is 2. The van der Waals surface area contributed by atoms with Crippen LogP contribution < -0.4 is 16.0 Å². The SMILES string of the molecule is CC1(CN[C@@H]2CCC[C@@H](Nc3cc(NCC4CC(C#N)CCO4)nc(-c4ccncc4Cl)c3)C2)OCCO1. The molecule has 2 aliphatic heterocycles. The van der Waals surface area contributed by atoms with Gasteiger partial charge in [0.1, 0.15) is 5.82 Å². The van der Waals surface area contributed by atoms with E-state index in [1.807, 2.05) is 25.1 Å². The molecule has 0 bridgehead atoms. The number of aromatic nitrogens is 2. The maximum atomic E-state index is 9.31. The fourth-order valence-corrected chi connectivity index (χ4v) is 5.73. The highest BCUT2D eigenvalue weighted by Gasteiger charge is 2.32. The molecular formula is C28H37ClN6O3. The summed E-state index contributed by atoms with van der Waals surface area (Å²) in [4.78, 5) is 8.98. The first kappa shape index (κ1) is 27.1. The molecule has 0 spiro atoms. The molecule has 204 valence electrons. The predicted octanol–water partition coefficient (Wildman–Crippen LogP) is 4.60. The second-order valence-corrected chi connectivity index (χ2v) is 11.0. The van der Waals surface area contributed by atoms with Crippen LogP contribution in [0.4, 0.5) is 11.5 Å². The smallest absolute Gasteiger partial charge is 0.178 e. The number of hydrogen-bond donors (Lipinski definition) is 3. The Morgan fingerprint density at radius 1 is 1.13 bits per heavy atom. The van der Waals surface area contributed by atoms with Gasteiger partial charge < -0.3 is 30.2 Å². The summed E-state index contributed by atoms with van der Waals surface area (Å²) in [5, 5.41) is 20.7. The van der Waals surface area contributed by atoms with Crippen LogP contribution in [0, 0.1) is 17.2 Å². The van der Waals surface area contributed by atoms with E-state index in [1.54, 1.807) is 12.4 Å². The number of nitrogens with one attached hydrogen (secondary N) is 3. The number of halogens is 1. The van der Waals surface area contributed by atoms with Gasteiger partial charge in [0.25, 0.3) is 0 Å². The van der Waals surface area contributed by atoms with E-state index < -0.39 is 5.79 Å². The summed E-state index contributed by atoms with van der Waals surface area (Å²) < 4.78 is 17.4. The first-order valence-electron chi connectivity index (χ1n) is 13.6. The minimum atomic E-state index is -0.528. The molecule has 2 aromatic rings. The van der Waals surface area contributed by atoms with Gasteiger partial charge in [-0.15, -0.1) is 0 Å². The normalized spacial score (nSPS) is 27.0. The maximum Gasteiger partial charge on any atom is 0.178 e. The van der Waals surface area contributed by atoms with Crippen molar-refractivity contribution >= 4 is 23.1 Å². The lowest BCUT2D eigenvalue weighted by molar-refractivity contribution is -0.139. The van der Waals surface area contributed by atoms with Gasteiger partial charge in [-0.25, -0.2) is 4.98 Å². The van der Waals surface area contributed by atoms with Crippen LogP contribution in [0.25, 0.3) is 11.3 Å². The second kappa shape index (κ2) is 12.6. The van der Waals surface area contributed by atoms with Crippen molar-refractivity contribution in [3.05, 3.63) is 35.6 Å². The monoisotopic (exact) mass is 540 g/mol. The highest BCUT2D eigenvalue weighted by molar-refractivity contribution is 6.33. The lowest BCUT2D eigenvalue weighted by atomic mass is 9.90. The van der Waals surface area contributed by atoms with E-state index >= 15 is 0 Å². The standard InChI is InChI=1S/C28H37ClN6O3/c1-28(37-9-10-38-28)18-33-20-3-2-4-21(12-20)34-22-13-26(24-5-7-31-17-25(24)29)35-27(14-22)32-16-23-11-19(15-30)6-8-36-23/h5,7,13-14,17,19-21,23,33H,2-4,6,8-12,16,18H2,1H3,(H2,32,34,35)/t19?,20-,21-,23?/m1/s1. The van der Waals surface area contributed by atoms with E-state index in [4.69, 9.17) is 30.8 Å². The molecule has 10 heteroatoms. The molecule has 1 saturated carbocycles. The van der Waals surface area contributed by atoms with E-state index in [0.717, 1.165) is 61.3 Å². The minimum absolute atomic E-state index is 0.0142. The molecule has 3 N–H and O–H groups in total. The van der Waals surface area contributed by atoms with Gasteiger partial charge in [-0.05, 0) is 57.6 Å². The topological polar surface area (TPSA) is 113 Å². The molecule has 1 aliphatic carbocycles. The quantitative estimate of drug-likeness (QED) is 0.419. The molecule has 4 atom stereocenters. The van der Waals surface area contributed by atoms with E-state index in [-0.39, 0.29) is 12.0 Å². The van der Waals surface area contributed by atoms with Crippen LogP contribution in [0.15, 0.2) is 30.6 Å². The lowest BCUT2D eigenvalue weighted by Crippen LogP contribution is -2.46. The number of nitriles is 1. The molecule has 0 radical (unpaired) electrons. The Kier molecular flexibility index (Phi) is 8.97. The van der Waals surface area contributed by atoms with Gasteiger partial charge in [-0.1, -0.05) is 11.6 Å². The van der Waals surface area contributed by atoms with E-state index in [1.165, 1.54) is 0 Å². The highest BCUT2D eigenvalue weighted by Crippen LogP contribution is 2.31. The molecule has 2 aromatic heterocycles. The van der Waals surface area contributed by atoms with Crippen LogP contribution in [-0.2, 0) is 14.2 Å². The van der Waals surface area contributed by atoms with Crippen molar-refractivity contribution in [1.82, 2.24) is 15.3 Å². The number of hydrogen-bond acceptors (Lipinski definition) is 9. The minimum Gasteiger partial charge on any atom is -0.382 e. The third-order valence-corrected chi connectivity index (χ3v) is 7.89. The second-order valence-electron chi connectivity index (χ2n) is 10.6. The Bertz CT molecular complexity index is 1120. The van der Waals surface area contributed by atoms with Crippen LogP contribution in [-0.4, -0.2) is 66.9 Å². The van der Waals surface area contributed by atoms with Gasteiger partial charge in [0.05, 0.1) is 42.0 Å². The molecule has 2 unspecified atom stereocenters. The summed E-state index contributed by atoms with van der Waals surface area (Å²) in [5.41, 5.74) is 2.60. The molecule has 9 nitrogen and oxygen atoms in total.